The van der Waals surface area contributed by atoms with Gasteiger partial charge in [-0.3, -0.25) is 9.59 Å². The van der Waals surface area contributed by atoms with Crippen LogP contribution < -0.4 is 10.6 Å². The zero-order valence-electron chi connectivity index (χ0n) is 22.5. The van der Waals surface area contributed by atoms with Gasteiger partial charge in [-0.2, -0.15) is 0 Å². The second-order valence-corrected chi connectivity index (χ2v) is 12.0. The largest absolute Gasteiger partial charge is 0.453 e. The van der Waals surface area contributed by atoms with E-state index in [1.54, 1.807) is 0 Å². The van der Waals surface area contributed by atoms with Crippen molar-refractivity contribution >= 4 is 78.8 Å². The zero-order chi connectivity index (χ0) is 25.8. The van der Waals surface area contributed by atoms with Gasteiger partial charge in [-0.05, 0) is 26.7 Å². The van der Waals surface area contributed by atoms with Crippen LogP contribution in [-0.4, -0.2) is 35.0 Å². The lowest BCUT2D eigenvalue weighted by molar-refractivity contribution is -0.151. The Balaban J connectivity index is 0.00000253. The van der Waals surface area contributed by atoms with Crippen molar-refractivity contribution in [2.45, 2.75) is 90.3 Å². The maximum absolute atomic E-state index is 12.3. The van der Waals surface area contributed by atoms with Gasteiger partial charge in [0.25, 0.3) is 0 Å². The summed E-state index contributed by atoms with van der Waals surface area (Å²) in [6, 6.07) is 0. The fraction of sp³-hybridized carbons (Fsp3) is 0.692. The number of unbranched alkanes of at least 4 members (excludes halogenated alkanes) is 2. The molecule has 0 radical (unpaired) electrons. The monoisotopic (exact) mass is 694 g/mol. The normalized spacial score (nSPS) is 26.3. The molecule has 12 heteroatoms. The minimum absolute atomic E-state index is 0. The van der Waals surface area contributed by atoms with E-state index in [9.17, 15) is 9.59 Å². The summed E-state index contributed by atoms with van der Waals surface area (Å²) in [5.41, 5.74) is 0.348. The zero-order valence-corrected chi connectivity index (χ0v) is 27.6. The Morgan fingerprint density at radius 3 is 1.58 bits per heavy atom. The molecule has 38 heavy (non-hydrogen) atoms. The third-order valence-corrected chi connectivity index (χ3v) is 8.77. The van der Waals surface area contributed by atoms with Crippen LogP contribution in [-0.2, 0) is 30.3 Å². The number of aromatic nitrogens is 2. The molecule has 2 aliphatic rings. The van der Waals surface area contributed by atoms with Gasteiger partial charge in [0.1, 0.15) is 0 Å². The minimum atomic E-state index is -0.642. The number of cyclic esters (lactones) is 2. The SMILES string of the molecule is Br.Br.CCCCC1CC(C)(c2csc(NCCNc3nc(C4(C)CC(CCCC)C(=O)O4)cs3)n2)OC1=O. The maximum Gasteiger partial charge on any atom is 0.310 e. The number of halogens is 2. The smallest absolute Gasteiger partial charge is 0.310 e. The molecule has 2 aromatic heterocycles. The molecule has 8 nitrogen and oxygen atoms in total. The lowest BCUT2D eigenvalue weighted by atomic mass is 9.90. The highest BCUT2D eigenvalue weighted by molar-refractivity contribution is 8.93. The van der Waals surface area contributed by atoms with Crippen LogP contribution in [0, 0.1) is 11.8 Å². The summed E-state index contributed by atoms with van der Waals surface area (Å²) in [4.78, 5) is 34.0. The van der Waals surface area contributed by atoms with Crippen molar-refractivity contribution in [1.29, 1.82) is 0 Å². The van der Waals surface area contributed by atoms with E-state index in [0.717, 1.165) is 60.2 Å². The third-order valence-electron chi connectivity index (χ3n) is 7.17. The van der Waals surface area contributed by atoms with Gasteiger partial charge in [0.05, 0.1) is 23.2 Å². The van der Waals surface area contributed by atoms with Gasteiger partial charge in [0, 0.05) is 36.7 Å². The van der Waals surface area contributed by atoms with Crippen LogP contribution in [0.5, 0.6) is 0 Å². The standard InChI is InChI=1S/C26H38N4O4S2.2BrH/c1-5-7-9-17-13-25(3,33-21(17)31)19-15-35-23(29-19)27-11-12-28-24-30-20(16-36-24)26(4)14-18(10-8-6-2)22(32)34-26;;/h15-18H,5-14H2,1-4H3,(H,27,29)(H,28,30);2*1H. The van der Waals surface area contributed by atoms with Gasteiger partial charge < -0.3 is 20.1 Å². The molecule has 2 N–H and O–H groups in total. The number of anilines is 2. The molecule has 4 rings (SSSR count). The highest BCUT2D eigenvalue weighted by Gasteiger charge is 2.46. The minimum Gasteiger partial charge on any atom is -0.453 e. The fourth-order valence-corrected chi connectivity index (χ4v) is 6.71. The molecule has 2 aliphatic heterocycles. The summed E-state index contributed by atoms with van der Waals surface area (Å²) in [5.74, 6) is -0.258. The average molecular weight is 697 g/mol. The molecular weight excluding hydrogens is 656 g/mol. The first-order valence-corrected chi connectivity index (χ1v) is 14.9. The predicted molar refractivity (Wildman–Crippen MR) is 164 cm³/mol. The first-order valence-electron chi connectivity index (χ1n) is 13.1. The topological polar surface area (TPSA) is 102 Å². The summed E-state index contributed by atoms with van der Waals surface area (Å²) in [5, 5.41) is 12.3. The van der Waals surface area contributed by atoms with Crippen molar-refractivity contribution in [3.8, 4) is 0 Å². The number of nitrogens with zero attached hydrogens (tertiary/aromatic N) is 2. The lowest BCUT2D eigenvalue weighted by Gasteiger charge is -2.20. The van der Waals surface area contributed by atoms with Crippen molar-refractivity contribution in [2.75, 3.05) is 23.7 Å². The Hall–Kier alpha value is -1.24. The Labute approximate surface area is 254 Å². The number of nitrogens with one attached hydrogen (secondary N) is 2. The van der Waals surface area contributed by atoms with E-state index in [1.807, 2.05) is 24.6 Å². The van der Waals surface area contributed by atoms with Gasteiger partial charge in [-0.1, -0.05) is 39.5 Å². The van der Waals surface area contributed by atoms with Crippen LogP contribution >= 0.6 is 56.6 Å². The van der Waals surface area contributed by atoms with Gasteiger partial charge in [0.2, 0.25) is 0 Å². The molecule has 0 saturated carbocycles. The Bertz CT molecular complexity index is 985. The molecule has 2 aromatic rings. The summed E-state index contributed by atoms with van der Waals surface area (Å²) in [6.45, 7) is 9.54. The number of carbonyl (C=O) groups excluding carboxylic acids is 2. The molecule has 0 amide bonds. The molecule has 0 bridgehead atoms. The van der Waals surface area contributed by atoms with Crippen molar-refractivity contribution in [3.63, 3.8) is 0 Å². The van der Waals surface area contributed by atoms with Gasteiger partial charge >= 0.3 is 11.9 Å². The van der Waals surface area contributed by atoms with Crippen molar-refractivity contribution < 1.29 is 19.1 Å². The first-order chi connectivity index (χ1) is 17.3. The van der Waals surface area contributed by atoms with Crippen LogP contribution in [0.3, 0.4) is 0 Å². The molecule has 214 valence electrons. The Morgan fingerprint density at radius 1 is 0.816 bits per heavy atom. The number of carbonyl (C=O) groups is 2. The van der Waals surface area contributed by atoms with Crippen LogP contribution in [0.1, 0.15) is 90.4 Å². The molecule has 4 atom stereocenters. The van der Waals surface area contributed by atoms with Crippen LogP contribution in [0.4, 0.5) is 10.3 Å². The highest BCUT2D eigenvalue weighted by Crippen LogP contribution is 2.43. The van der Waals surface area contributed by atoms with E-state index in [1.165, 1.54) is 22.7 Å². The maximum atomic E-state index is 12.3. The van der Waals surface area contributed by atoms with E-state index < -0.39 is 11.2 Å². The van der Waals surface area contributed by atoms with Crippen LogP contribution in [0.2, 0.25) is 0 Å². The van der Waals surface area contributed by atoms with Crippen LogP contribution in [0.15, 0.2) is 10.8 Å². The molecule has 2 fully saturated rings. The van der Waals surface area contributed by atoms with E-state index >= 15 is 0 Å². The average Bonchev–Trinajstić information content (AvgIpc) is 3.62. The molecule has 2 saturated heterocycles. The van der Waals surface area contributed by atoms with E-state index in [-0.39, 0.29) is 57.7 Å². The Kier molecular flexibility index (Phi) is 12.5. The molecule has 4 unspecified atom stereocenters. The molecule has 4 heterocycles. The fourth-order valence-electron chi connectivity index (χ4n) is 4.99. The predicted octanol–water partition coefficient (Wildman–Crippen LogP) is 7.22. The third kappa shape index (κ3) is 7.69. The number of thiazole rings is 2. The van der Waals surface area contributed by atoms with Crippen molar-refractivity contribution in [2.24, 2.45) is 11.8 Å². The number of hydrogen-bond acceptors (Lipinski definition) is 10. The number of rotatable bonds is 13. The van der Waals surface area contributed by atoms with Crippen LogP contribution in [0.25, 0.3) is 0 Å². The van der Waals surface area contributed by atoms with Gasteiger partial charge in [-0.25, -0.2) is 9.97 Å². The lowest BCUT2D eigenvalue weighted by Crippen LogP contribution is -2.22. The molecule has 0 aromatic carbocycles. The molecule has 0 aliphatic carbocycles. The van der Waals surface area contributed by atoms with Crippen molar-refractivity contribution in [3.05, 3.63) is 22.1 Å². The van der Waals surface area contributed by atoms with E-state index in [0.29, 0.717) is 25.9 Å². The highest BCUT2D eigenvalue weighted by atomic mass is 79.9. The summed E-state index contributed by atoms with van der Waals surface area (Å²) >= 11 is 3.05. The first kappa shape index (κ1) is 33.0. The number of hydrogen-bond donors (Lipinski definition) is 2. The van der Waals surface area contributed by atoms with E-state index in [4.69, 9.17) is 19.4 Å². The van der Waals surface area contributed by atoms with E-state index in [2.05, 4.69) is 24.5 Å². The number of ether oxygens (including phenoxy) is 2. The second-order valence-electron chi connectivity index (χ2n) is 10.3. The van der Waals surface area contributed by atoms with Crippen molar-refractivity contribution in [1.82, 2.24) is 9.97 Å². The summed E-state index contributed by atoms with van der Waals surface area (Å²) in [7, 11) is 0. The second kappa shape index (κ2) is 14.4. The van der Waals surface area contributed by atoms with Gasteiger partial charge in [0.15, 0.2) is 21.5 Å². The van der Waals surface area contributed by atoms with Gasteiger partial charge in [-0.15, -0.1) is 56.6 Å². The number of esters is 2. The molecule has 0 spiro atoms. The summed E-state index contributed by atoms with van der Waals surface area (Å²) < 4.78 is 11.5. The Morgan fingerprint density at radius 2 is 1.21 bits per heavy atom. The molecular formula is C26H40Br2N4O4S2. The summed E-state index contributed by atoms with van der Waals surface area (Å²) in [6.07, 6.45) is 7.37. The quantitative estimate of drug-likeness (QED) is 0.167.